The lowest BCUT2D eigenvalue weighted by Crippen LogP contribution is -2.04. The van der Waals surface area contributed by atoms with Crippen LogP contribution in [0.25, 0.3) is 0 Å². The summed E-state index contributed by atoms with van der Waals surface area (Å²) in [5, 5.41) is 7.51. The summed E-state index contributed by atoms with van der Waals surface area (Å²) >= 11 is 3.73. The second kappa shape index (κ2) is 7.56. The molecule has 1 aromatic heterocycles. The number of hydrogen-bond donors (Lipinski definition) is 1. The van der Waals surface area contributed by atoms with Crippen molar-refractivity contribution in [2.24, 2.45) is 0 Å². The quantitative estimate of drug-likeness (QED) is 0.816. The molecule has 0 aliphatic rings. The summed E-state index contributed by atoms with van der Waals surface area (Å²) in [6.07, 6.45) is 0.984. The molecule has 0 atom stereocenters. The van der Waals surface area contributed by atoms with E-state index in [1.54, 1.807) is 11.3 Å². The maximum Gasteiger partial charge on any atom is 0.103 e. The van der Waals surface area contributed by atoms with E-state index in [0.717, 1.165) is 18.7 Å². The molecular weight excluding hydrogens is 272 g/mol. The predicted octanol–water partition coefficient (Wildman–Crippen LogP) is 4.44. The Kier molecular flexibility index (Phi) is 5.73. The summed E-state index contributed by atoms with van der Waals surface area (Å²) < 4.78 is 0. The Bertz CT molecular complexity index is 480. The molecule has 0 saturated carbocycles. The lowest BCUT2D eigenvalue weighted by Gasteiger charge is -2.04. The van der Waals surface area contributed by atoms with Gasteiger partial charge in [-0.2, -0.15) is 11.8 Å². The first kappa shape index (κ1) is 14.4. The summed E-state index contributed by atoms with van der Waals surface area (Å²) in [7, 11) is 0. The second-order valence-electron chi connectivity index (χ2n) is 4.64. The highest BCUT2D eigenvalue weighted by atomic mass is 32.2. The van der Waals surface area contributed by atoms with E-state index in [1.165, 1.54) is 16.4 Å². The second-order valence-corrected chi connectivity index (χ2v) is 7.14. The van der Waals surface area contributed by atoms with Gasteiger partial charge < -0.3 is 5.32 Å². The Balaban J connectivity index is 1.74. The third-order valence-electron chi connectivity index (χ3n) is 2.62. The topological polar surface area (TPSA) is 24.9 Å². The van der Waals surface area contributed by atoms with Crippen LogP contribution in [0.4, 0.5) is 5.69 Å². The van der Waals surface area contributed by atoms with Gasteiger partial charge in [-0.05, 0) is 17.4 Å². The van der Waals surface area contributed by atoms with Crippen molar-refractivity contribution in [3.05, 3.63) is 46.4 Å². The molecular formula is C15H20N2S2. The van der Waals surface area contributed by atoms with Crippen LogP contribution < -0.4 is 5.32 Å². The van der Waals surface area contributed by atoms with E-state index in [4.69, 9.17) is 0 Å². The first-order valence-corrected chi connectivity index (χ1v) is 8.50. The lowest BCUT2D eigenvalue weighted by atomic mass is 10.3. The Morgan fingerprint density at radius 2 is 2.05 bits per heavy atom. The predicted molar refractivity (Wildman–Crippen MR) is 87.2 cm³/mol. The van der Waals surface area contributed by atoms with Gasteiger partial charge in [-0.15, -0.1) is 11.3 Å². The number of thiazole rings is 1. The molecule has 0 aliphatic carbocycles. The van der Waals surface area contributed by atoms with Crippen LogP contribution in [-0.2, 0) is 12.2 Å². The van der Waals surface area contributed by atoms with Gasteiger partial charge in [-0.3, -0.25) is 0 Å². The summed E-state index contributed by atoms with van der Waals surface area (Å²) in [6, 6.07) is 10.3. The number of hydrogen-bond acceptors (Lipinski definition) is 4. The number of para-hydroxylation sites is 1. The fourth-order valence-corrected chi connectivity index (χ4v) is 3.29. The van der Waals surface area contributed by atoms with Gasteiger partial charge in [-0.1, -0.05) is 32.0 Å². The molecule has 1 aromatic carbocycles. The summed E-state index contributed by atoms with van der Waals surface area (Å²) in [6.45, 7) is 5.39. The van der Waals surface area contributed by atoms with Crippen LogP contribution in [0.15, 0.2) is 35.7 Å². The number of anilines is 1. The Morgan fingerprint density at radius 3 is 2.79 bits per heavy atom. The molecule has 2 nitrogen and oxygen atoms in total. The van der Waals surface area contributed by atoms with Crippen LogP contribution in [0, 0.1) is 0 Å². The zero-order valence-electron chi connectivity index (χ0n) is 11.4. The van der Waals surface area contributed by atoms with Crippen molar-refractivity contribution >= 4 is 28.8 Å². The van der Waals surface area contributed by atoms with Crippen molar-refractivity contribution in [1.82, 2.24) is 4.98 Å². The van der Waals surface area contributed by atoms with Crippen molar-refractivity contribution < 1.29 is 0 Å². The van der Waals surface area contributed by atoms with Gasteiger partial charge in [0.15, 0.2) is 0 Å². The van der Waals surface area contributed by atoms with E-state index in [0.29, 0.717) is 5.25 Å². The molecule has 0 aliphatic heterocycles. The molecule has 0 radical (unpaired) electrons. The Labute approximate surface area is 123 Å². The van der Waals surface area contributed by atoms with Crippen LogP contribution in [0.2, 0.25) is 0 Å². The molecule has 0 saturated heterocycles. The third-order valence-corrected chi connectivity index (χ3v) is 4.81. The van der Waals surface area contributed by atoms with Gasteiger partial charge >= 0.3 is 0 Å². The van der Waals surface area contributed by atoms with E-state index in [9.17, 15) is 0 Å². The number of benzene rings is 1. The first-order valence-electron chi connectivity index (χ1n) is 6.58. The summed E-state index contributed by atoms with van der Waals surface area (Å²) in [5.74, 6) is 1.04. The molecule has 2 rings (SSSR count). The molecule has 4 heteroatoms. The van der Waals surface area contributed by atoms with Gasteiger partial charge in [-0.25, -0.2) is 4.98 Å². The SMILES string of the molecule is CC(C)SCc1nc(CCNc2ccccc2)cs1. The Hall–Kier alpha value is -1.00. The molecule has 2 aromatic rings. The minimum absolute atomic E-state index is 0.673. The van der Waals surface area contributed by atoms with Gasteiger partial charge in [0.25, 0.3) is 0 Å². The largest absolute Gasteiger partial charge is 0.385 e. The number of nitrogens with zero attached hydrogens (tertiary/aromatic N) is 1. The van der Waals surface area contributed by atoms with Gasteiger partial charge in [0, 0.05) is 29.8 Å². The van der Waals surface area contributed by atoms with Gasteiger partial charge in [0.05, 0.1) is 5.69 Å². The van der Waals surface area contributed by atoms with Gasteiger partial charge in [0.1, 0.15) is 5.01 Å². The molecule has 0 bridgehead atoms. The fourth-order valence-electron chi connectivity index (χ4n) is 1.66. The highest BCUT2D eigenvalue weighted by molar-refractivity contribution is 7.99. The highest BCUT2D eigenvalue weighted by Crippen LogP contribution is 2.20. The normalized spacial score (nSPS) is 10.9. The number of thioether (sulfide) groups is 1. The van der Waals surface area contributed by atoms with Crippen molar-refractivity contribution in [1.29, 1.82) is 0 Å². The average Bonchev–Trinajstić information content (AvgIpc) is 2.86. The highest BCUT2D eigenvalue weighted by Gasteiger charge is 2.03. The first-order chi connectivity index (χ1) is 9.24. The number of aromatic nitrogens is 1. The van der Waals surface area contributed by atoms with Gasteiger partial charge in [0.2, 0.25) is 0 Å². The van der Waals surface area contributed by atoms with Crippen molar-refractivity contribution in [3.63, 3.8) is 0 Å². The van der Waals surface area contributed by atoms with Crippen LogP contribution in [-0.4, -0.2) is 16.8 Å². The summed E-state index contributed by atoms with van der Waals surface area (Å²) in [5.41, 5.74) is 2.38. The van der Waals surface area contributed by atoms with Crippen LogP contribution in [0.3, 0.4) is 0 Å². The fraction of sp³-hybridized carbons (Fsp3) is 0.400. The minimum atomic E-state index is 0.673. The molecule has 0 fully saturated rings. The maximum atomic E-state index is 4.67. The monoisotopic (exact) mass is 292 g/mol. The van der Waals surface area contributed by atoms with E-state index in [-0.39, 0.29) is 0 Å². The van der Waals surface area contributed by atoms with Crippen LogP contribution in [0.1, 0.15) is 24.5 Å². The standard InChI is InChI=1S/C15H20N2S2/c1-12(2)18-11-15-17-14(10-19-15)8-9-16-13-6-4-3-5-7-13/h3-7,10,12,16H,8-9,11H2,1-2H3. The van der Waals surface area contributed by atoms with Crippen molar-refractivity contribution in [3.8, 4) is 0 Å². The minimum Gasteiger partial charge on any atom is -0.385 e. The lowest BCUT2D eigenvalue weighted by molar-refractivity contribution is 0.966. The van der Waals surface area contributed by atoms with E-state index in [2.05, 4.69) is 41.7 Å². The molecule has 0 spiro atoms. The number of rotatable bonds is 7. The van der Waals surface area contributed by atoms with Crippen molar-refractivity contribution in [2.45, 2.75) is 31.3 Å². The summed E-state index contributed by atoms with van der Waals surface area (Å²) in [4.78, 5) is 4.67. The zero-order chi connectivity index (χ0) is 13.5. The average molecular weight is 292 g/mol. The molecule has 1 N–H and O–H groups in total. The van der Waals surface area contributed by atoms with Crippen molar-refractivity contribution in [2.75, 3.05) is 11.9 Å². The zero-order valence-corrected chi connectivity index (χ0v) is 13.1. The maximum absolute atomic E-state index is 4.67. The van der Waals surface area contributed by atoms with E-state index < -0.39 is 0 Å². The van der Waals surface area contributed by atoms with Crippen LogP contribution in [0.5, 0.6) is 0 Å². The molecule has 102 valence electrons. The Morgan fingerprint density at radius 1 is 1.26 bits per heavy atom. The molecule has 1 heterocycles. The molecule has 19 heavy (non-hydrogen) atoms. The third kappa shape index (κ3) is 5.25. The van der Waals surface area contributed by atoms with Crippen LogP contribution >= 0.6 is 23.1 Å². The smallest absolute Gasteiger partial charge is 0.103 e. The molecule has 0 amide bonds. The van der Waals surface area contributed by atoms with E-state index in [1.807, 2.05) is 30.0 Å². The number of nitrogens with one attached hydrogen (secondary N) is 1. The van der Waals surface area contributed by atoms with E-state index >= 15 is 0 Å². The molecule has 0 unspecified atom stereocenters.